The van der Waals surface area contributed by atoms with Crippen LogP contribution in [0.25, 0.3) is 4.85 Å². The van der Waals surface area contributed by atoms with Crippen molar-refractivity contribution in [3.63, 3.8) is 0 Å². The number of rotatable bonds is 6. The van der Waals surface area contributed by atoms with Gasteiger partial charge in [0.1, 0.15) is 5.82 Å². The summed E-state index contributed by atoms with van der Waals surface area (Å²) in [5.74, 6) is -0.304. The van der Waals surface area contributed by atoms with E-state index in [0.29, 0.717) is 13.1 Å². The van der Waals surface area contributed by atoms with Crippen LogP contribution in [0.15, 0.2) is 48.5 Å². The van der Waals surface area contributed by atoms with Gasteiger partial charge in [-0.3, -0.25) is 4.85 Å². The quantitative estimate of drug-likeness (QED) is 0.826. The fourth-order valence-electron chi connectivity index (χ4n) is 2.51. The fraction of sp³-hybridized carbons (Fsp3) is 0.278. The summed E-state index contributed by atoms with van der Waals surface area (Å²) in [6.45, 7) is 10.3. The third-order valence-corrected chi connectivity index (χ3v) is 3.59. The largest absolute Gasteiger partial charge is 0.395 e. The molecule has 0 aliphatic carbocycles. The highest BCUT2D eigenvalue weighted by molar-refractivity contribution is 5.31. The fourth-order valence-corrected chi connectivity index (χ4v) is 2.51. The van der Waals surface area contributed by atoms with Crippen molar-refractivity contribution >= 4 is 0 Å². The molecule has 0 aliphatic rings. The van der Waals surface area contributed by atoms with Crippen LogP contribution in [-0.4, -0.2) is 23.2 Å². The van der Waals surface area contributed by atoms with Gasteiger partial charge in [-0.05, 0) is 36.2 Å². The number of nitrogens with zero attached hydrogens (tertiary/aromatic N) is 2. The van der Waals surface area contributed by atoms with E-state index in [0.717, 1.165) is 16.7 Å². The van der Waals surface area contributed by atoms with Gasteiger partial charge in [-0.25, -0.2) is 15.9 Å². The first-order valence-corrected chi connectivity index (χ1v) is 7.17. The number of aliphatic hydroxyl groups excluding tert-OH is 1. The van der Waals surface area contributed by atoms with E-state index >= 15 is 0 Å². The van der Waals surface area contributed by atoms with Crippen LogP contribution in [0.5, 0.6) is 0 Å². The molecule has 2 rings (SSSR count). The van der Waals surface area contributed by atoms with Crippen LogP contribution >= 0.6 is 0 Å². The molecule has 2 aromatic rings. The van der Waals surface area contributed by atoms with Crippen molar-refractivity contribution in [2.45, 2.75) is 19.6 Å². The van der Waals surface area contributed by atoms with Gasteiger partial charge in [0.15, 0.2) is 0 Å². The van der Waals surface area contributed by atoms with Crippen molar-refractivity contribution in [3.05, 3.63) is 82.5 Å². The van der Waals surface area contributed by atoms with E-state index < -0.39 is 6.17 Å². The Balaban J connectivity index is 2.30. The zero-order valence-corrected chi connectivity index (χ0v) is 12.5. The second-order valence-corrected chi connectivity index (χ2v) is 5.18. The van der Waals surface area contributed by atoms with Gasteiger partial charge in [0, 0.05) is 13.1 Å². The van der Waals surface area contributed by atoms with Crippen molar-refractivity contribution in [3.8, 4) is 0 Å². The Bertz CT molecular complexity index is 652. The Morgan fingerprint density at radius 2 is 1.95 bits per heavy atom. The maximum absolute atomic E-state index is 13.3. The summed E-state index contributed by atoms with van der Waals surface area (Å²) in [5.41, 5.74) is 2.60. The van der Waals surface area contributed by atoms with Gasteiger partial charge in [0.25, 0.3) is 0 Å². The Labute approximate surface area is 130 Å². The normalized spacial score (nSPS) is 12.1. The van der Waals surface area contributed by atoms with Crippen molar-refractivity contribution in [1.29, 1.82) is 0 Å². The van der Waals surface area contributed by atoms with Crippen LogP contribution in [0.1, 0.15) is 22.9 Å². The summed E-state index contributed by atoms with van der Waals surface area (Å²) in [6.07, 6.45) is -0.534. The van der Waals surface area contributed by atoms with Gasteiger partial charge in [0.05, 0.1) is 12.2 Å². The molecule has 1 unspecified atom stereocenters. The number of hydrogen-bond acceptors (Lipinski definition) is 2. The van der Waals surface area contributed by atoms with Crippen LogP contribution < -0.4 is 0 Å². The molecule has 0 fully saturated rings. The summed E-state index contributed by atoms with van der Waals surface area (Å²) in [4.78, 5) is 5.61. The van der Waals surface area contributed by atoms with Gasteiger partial charge in [0.2, 0.25) is 0 Å². The lowest BCUT2D eigenvalue weighted by Gasteiger charge is -2.24. The van der Waals surface area contributed by atoms with Crippen molar-refractivity contribution in [1.82, 2.24) is 4.90 Å². The van der Waals surface area contributed by atoms with E-state index in [1.165, 1.54) is 12.1 Å². The molecule has 0 saturated heterocycles. The minimum Gasteiger partial charge on any atom is -0.395 e. The average molecular weight is 298 g/mol. The van der Waals surface area contributed by atoms with Crippen molar-refractivity contribution < 1.29 is 9.50 Å². The van der Waals surface area contributed by atoms with Crippen molar-refractivity contribution in [2.24, 2.45) is 0 Å². The molecule has 3 nitrogen and oxygen atoms in total. The maximum Gasteiger partial charge on any atom is 0.306 e. The molecule has 1 N–H and O–H groups in total. The van der Waals surface area contributed by atoms with E-state index in [2.05, 4.69) is 4.85 Å². The number of benzene rings is 2. The summed E-state index contributed by atoms with van der Waals surface area (Å²) in [7, 11) is 0. The maximum atomic E-state index is 13.3. The predicted molar refractivity (Wildman–Crippen MR) is 84.4 cm³/mol. The number of aryl methyl sites for hydroxylation is 1. The van der Waals surface area contributed by atoms with Gasteiger partial charge in [-0.15, -0.1) is 0 Å². The Hall–Kier alpha value is -2.22. The van der Waals surface area contributed by atoms with Crippen LogP contribution in [-0.2, 0) is 6.54 Å². The van der Waals surface area contributed by atoms with E-state index in [1.807, 2.05) is 35.2 Å². The highest BCUT2D eigenvalue weighted by atomic mass is 19.1. The smallest absolute Gasteiger partial charge is 0.306 e. The molecule has 0 heterocycles. The molecule has 1 atom stereocenters. The lowest BCUT2D eigenvalue weighted by molar-refractivity contribution is 0.163. The molecule has 0 amide bonds. The minimum atomic E-state index is -0.534. The van der Waals surface area contributed by atoms with Gasteiger partial charge in [-0.2, -0.15) is 0 Å². The molecular formula is C18H19FN2O. The first-order valence-electron chi connectivity index (χ1n) is 7.17. The summed E-state index contributed by atoms with van der Waals surface area (Å²) in [5, 5.41) is 9.31. The second-order valence-electron chi connectivity index (χ2n) is 5.18. The topological polar surface area (TPSA) is 27.8 Å². The molecule has 0 radical (unpaired) electrons. The molecule has 22 heavy (non-hydrogen) atoms. The molecule has 4 heteroatoms. The molecular weight excluding hydrogens is 279 g/mol. The number of hydrogen-bond donors (Lipinski definition) is 1. The lowest BCUT2D eigenvalue weighted by atomic mass is 10.0. The summed E-state index contributed by atoms with van der Waals surface area (Å²) in [6, 6.07) is 14.3. The van der Waals surface area contributed by atoms with Crippen LogP contribution in [0, 0.1) is 19.3 Å². The van der Waals surface area contributed by atoms with Gasteiger partial charge < -0.3 is 5.11 Å². The highest BCUT2D eigenvalue weighted by Crippen LogP contribution is 2.27. The third kappa shape index (κ3) is 3.91. The molecule has 0 saturated carbocycles. The first kappa shape index (κ1) is 16.2. The predicted octanol–water partition coefficient (Wildman–Crippen LogP) is 3.55. The van der Waals surface area contributed by atoms with Gasteiger partial charge in [-0.1, -0.05) is 30.3 Å². The molecule has 2 aromatic carbocycles. The van der Waals surface area contributed by atoms with E-state index in [1.54, 1.807) is 13.0 Å². The van der Waals surface area contributed by atoms with Crippen LogP contribution in [0.3, 0.4) is 0 Å². The second kappa shape index (κ2) is 7.69. The average Bonchev–Trinajstić information content (AvgIpc) is 2.51. The molecule has 0 spiro atoms. The summed E-state index contributed by atoms with van der Waals surface area (Å²) >= 11 is 0. The van der Waals surface area contributed by atoms with E-state index in [-0.39, 0.29) is 12.4 Å². The summed E-state index contributed by atoms with van der Waals surface area (Å²) < 4.78 is 13.3. The SMILES string of the molecule is [C-]#[N+]C(c1ccc(F)cc1C)N(CCO)Cc1ccccc1. The highest BCUT2D eigenvalue weighted by Gasteiger charge is 2.26. The monoisotopic (exact) mass is 298 g/mol. The zero-order valence-electron chi connectivity index (χ0n) is 12.5. The van der Waals surface area contributed by atoms with Crippen molar-refractivity contribution in [2.75, 3.05) is 13.2 Å². The minimum absolute atomic E-state index is 0.0287. The van der Waals surface area contributed by atoms with E-state index in [9.17, 15) is 9.50 Å². The Morgan fingerprint density at radius 1 is 1.23 bits per heavy atom. The molecule has 0 aromatic heterocycles. The number of halogens is 1. The third-order valence-electron chi connectivity index (χ3n) is 3.59. The molecule has 0 bridgehead atoms. The number of aliphatic hydroxyl groups is 1. The van der Waals surface area contributed by atoms with Gasteiger partial charge >= 0.3 is 6.17 Å². The zero-order chi connectivity index (χ0) is 15.9. The Kier molecular flexibility index (Phi) is 5.65. The van der Waals surface area contributed by atoms with Crippen LogP contribution in [0.2, 0.25) is 0 Å². The molecule has 0 aliphatic heterocycles. The Morgan fingerprint density at radius 3 is 2.55 bits per heavy atom. The lowest BCUT2D eigenvalue weighted by Crippen LogP contribution is -2.30. The molecule has 114 valence electrons. The first-order chi connectivity index (χ1) is 10.7. The standard InChI is InChI=1S/C18H19FN2O/c1-14-12-16(19)8-9-17(14)18(20-2)21(10-11-22)13-15-6-4-3-5-7-15/h3-9,12,18,22H,10-11,13H2,1H3. The van der Waals surface area contributed by atoms with Crippen LogP contribution in [0.4, 0.5) is 4.39 Å². The van der Waals surface area contributed by atoms with E-state index in [4.69, 9.17) is 6.57 Å².